The molecule has 1 aromatic carbocycles. The van der Waals surface area contributed by atoms with Crippen molar-refractivity contribution < 1.29 is 4.39 Å². The second-order valence-electron chi connectivity index (χ2n) is 3.92. The molecule has 2 aromatic rings. The van der Waals surface area contributed by atoms with E-state index in [4.69, 9.17) is 11.6 Å². The van der Waals surface area contributed by atoms with E-state index < -0.39 is 5.82 Å². The maximum atomic E-state index is 13.9. The van der Waals surface area contributed by atoms with E-state index in [1.807, 2.05) is 0 Å². The Morgan fingerprint density at radius 1 is 1.42 bits per heavy atom. The number of halogens is 3. The van der Waals surface area contributed by atoms with Gasteiger partial charge in [0.15, 0.2) is 11.6 Å². The maximum absolute atomic E-state index is 13.9. The first kappa shape index (κ1) is 14.2. The number of aromatic nitrogens is 2. The summed E-state index contributed by atoms with van der Waals surface area (Å²) in [5.41, 5.74) is 0.291. The van der Waals surface area contributed by atoms with E-state index in [1.165, 1.54) is 6.07 Å². The van der Waals surface area contributed by atoms with Gasteiger partial charge in [-0.15, -0.1) is 0 Å². The first-order valence-corrected chi connectivity index (χ1v) is 7.01. The molecule has 0 bridgehead atoms. The molecule has 0 atom stereocenters. The second kappa shape index (κ2) is 6.30. The number of hydrogen-bond acceptors (Lipinski definition) is 3. The minimum Gasteiger partial charge on any atom is -0.369 e. The van der Waals surface area contributed by atoms with Crippen molar-refractivity contribution in [2.75, 3.05) is 11.9 Å². The Labute approximate surface area is 124 Å². The van der Waals surface area contributed by atoms with E-state index in [0.29, 0.717) is 17.2 Å². The van der Waals surface area contributed by atoms with Crippen LogP contribution in [0.25, 0.3) is 11.4 Å². The molecule has 0 spiro atoms. The van der Waals surface area contributed by atoms with E-state index in [9.17, 15) is 4.39 Å². The van der Waals surface area contributed by atoms with E-state index >= 15 is 0 Å². The fourth-order valence-electron chi connectivity index (χ4n) is 1.54. The second-order valence-corrected chi connectivity index (χ2v) is 5.18. The molecule has 19 heavy (non-hydrogen) atoms. The number of hydrogen-bond donors (Lipinski definition) is 1. The Kier molecular flexibility index (Phi) is 4.71. The van der Waals surface area contributed by atoms with Crippen LogP contribution in [-0.2, 0) is 0 Å². The Morgan fingerprint density at radius 2 is 2.21 bits per heavy atom. The topological polar surface area (TPSA) is 37.8 Å². The normalized spacial score (nSPS) is 10.5. The number of nitrogens with one attached hydrogen (secondary N) is 1. The predicted octanol–water partition coefficient (Wildman–Crippen LogP) is 4.52. The molecular weight excluding hydrogens is 333 g/mol. The molecule has 0 aliphatic heterocycles. The molecule has 3 nitrogen and oxygen atoms in total. The van der Waals surface area contributed by atoms with Crippen molar-refractivity contribution >= 4 is 33.3 Å². The van der Waals surface area contributed by atoms with Gasteiger partial charge in [0.2, 0.25) is 0 Å². The summed E-state index contributed by atoms with van der Waals surface area (Å²) >= 11 is 9.12. The predicted molar refractivity (Wildman–Crippen MR) is 78.9 cm³/mol. The lowest BCUT2D eigenvalue weighted by molar-refractivity contribution is 0.630. The van der Waals surface area contributed by atoms with Crippen LogP contribution in [0.1, 0.15) is 13.3 Å². The van der Waals surface area contributed by atoms with Crippen molar-refractivity contribution in [1.82, 2.24) is 9.97 Å². The van der Waals surface area contributed by atoms with Crippen molar-refractivity contribution in [1.29, 1.82) is 0 Å². The highest BCUT2D eigenvalue weighted by Gasteiger charge is 2.12. The third-order valence-corrected chi connectivity index (χ3v) is 3.35. The minimum atomic E-state index is -0.507. The smallest absolute Gasteiger partial charge is 0.164 e. The average molecular weight is 345 g/mol. The van der Waals surface area contributed by atoms with Gasteiger partial charge in [-0.1, -0.05) is 24.6 Å². The van der Waals surface area contributed by atoms with Gasteiger partial charge >= 0.3 is 0 Å². The summed E-state index contributed by atoms with van der Waals surface area (Å²) in [4.78, 5) is 8.44. The summed E-state index contributed by atoms with van der Waals surface area (Å²) in [5.74, 6) is 0.445. The summed E-state index contributed by atoms with van der Waals surface area (Å²) in [5, 5.41) is 3.22. The zero-order chi connectivity index (χ0) is 13.8. The largest absolute Gasteiger partial charge is 0.369 e. The van der Waals surface area contributed by atoms with Gasteiger partial charge in [0.1, 0.15) is 5.82 Å². The monoisotopic (exact) mass is 343 g/mol. The standard InChI is InChI=1S/C13H12BrClFN3/c1-2-6-17-13-9(14)7-18-12(19-13)8-4-3-5-10(15)11(8)16/h3-5,7H,2,6H2,1H3,(H,17,18,19). The lowest BCUT2D eigenvalue weighted by Crippen LogP contribution is -2.04. The molecule has 6 heteroatoms. The van der Waals surface area contributed by atoms with Crippen LogP contribution in [0.2, 0.25) is 5.02 Å². The number of anilines is 1. The van der Waals surface area contributed by atoms with Gasteiger partial charge in [-0.05, 0) is 34.5 Å². The number of benzene rings is 1. The number of rotatable bonds is 4. The lowest BCUT2D eigenvalue weighted by Gasteiger charge is -2.09. The van der Waals surface area contributed by atoms with E-state index in [2.05, 4.69) is 38.1 Å². The SMILES string of the molecule is CCCNc1nc(-c2cccc(Cl)c2F)ncc1Br. The lowest BCUT2D eigenvalue weighted by atomic mass is 10.2. The van der Waals surface area contributed by atoms with Crippen molar-refractivity contribution in [3.8, 4) is 11.4 Å². The molecule has 2 rings (SSSR count). The summed E-state index contributed by atoms with van der Waals surface area (Å²) in [6.45, 7) is 2.84. The minimum absolute atomic E-state index is 0.0621. The molecule has 0 fully saturated rings. The Morgan fingerprint density at radius 3 is 2.95 bits per heavy atom. The molecule has 0 aliphatic carbocycles. The van der Waals surface area contributed by atoms with Gasteiger partial charge in [-0.2, -0.15) is 0 Å². The van der Waals surface area contributed by atoms with Gasteiger partial charge in [0.05, 0.1) is 15.1 Å². The van der Waals surface area contributed by atoms with Gasteiger partial charge in [0, 0.05) is 12.7 Å². The molecule has 1 aromatic heterocycles. The van der Waals surface area contributed by atoms with Crippen molar-refractivity contribution in [3.63, 3.8) is 0 Å². The maximum Gasteiger partial charge on any atom is 0.164 e. The first-order valence-electron chi connectivity index (χ1n) is 5.84. The highest BCUT2D eigenvalue weighted by atomic mass is 79.9. The summed E-state index contributed by atoms with van der Waals surface area (Å²) in [7, 11) is 0. The first-order chi connectivity index (χ1) is 9.13. The number of nitrogens with zero attached hydrogens (tertiary/aromatic N) is 2. The third kappa shape index (κ3) is 3.22. The van der Waals surface area contributed by atoms with Crippen molar-refractivity contribution in [2.45, 2.75) is 13.3 Å². The van der Waals surface area contributed by atoms with Crippen molar-refractivity contribution in [2.24, 2.45) is 0 Å². The molecule has 0 radical (unpaired) electrons. The van der Waals surface area contributed by atoms with Crippen LogP contribution < -0.4 is 5.32 Å². The Hall–Kier alpha value is -1.20. The van der Waals surface area contributed by atoms with Gasteiger partial charge in [0.25, 0.3) is 0 Å². The fraction of sp³-hybridized carbons (Fsp3) is 0.231. The van der Waals surface area contributed by atoms with Gasteiger partial charge in [-0.3, -0.25) is 0 Å². The average Bonchev–Trinajstić information content (AvgIpc) is 2.41. The van der Waals surface area contributed by atoms with Crippen LogP contribution in [0.3, 0.4) is 0 Å². The van der Waals surface area contributed by atoms with Crippen LogP contribution in [0.4, 0.5) is 10.2 Å². The summed E-state index contributed by atoms with van der Waals surface area (Å²) in [6.07, 6.45) is 2.57. The molecule has 1 heterocycles. The Balaban J connectivity index is 2.42. The summed E-state index contributed by atoms with van der Waals surface area (Å²) < 4.78 is 14.7. The molecule has 0 saturated carbocycles. The van der Waals surface area contributed by atoms with E-state index in [1.54, 1.807) is 18.3 Å². The molecule has 100 valence electrons. The zero-order valence-corrected chi connectivity index (χ0v) is 12.6. The molecular formula is C13H12BrClFN3. The van der Waals surface area contributed by atoms with E-state index in [-0.39, 0.29) is 5.02 Å². The van der Waals surface area contributed by atoms with Crippen LogP contribution >= 0.6 is 27.5 Å². The quantitative estimate of drug-likeness (QED) is 0.886. The third-order valence-electron chi connectivity index (χ3n) is 2.48. The molecule has 0 amide bonds. The van der Waals surface area contributed by atoms with Gasteiger partial charge in [-0.25, -0.2) is 14.4 Å². The highest BCUT2D eigenvalue weighted by Crippen LogP contribution is 2.27. The van der Waals surface area contributed by atoms with E-state index in [0.717, 1.165) is 17.4 Å². The van der Waals surface area contributed by atoms with Crippen LogP contribution in [0, 0.1) is 5.82 Å². The van der Waals surface area contributed by atoms with Crippen molar-refractivity contribution in [3.05, 3.63) is 39.7 Å². The van der Waals surface area contributed by atoms with Crippen LogP contribution in [0.5, 0.6) is 0 Å². The van der Waals surface area contributed by atoms with Crippen LogP contribution in [-0.4, -0.2) is 16.5 Å². The highest BCUT2D eigenvalue weighted by molar-refractivity contribution is 9.10. The van der Waals surface area contributed by atoms with Crippen LogP contribution in [0.15, 0.2) is 28.9 Å². The zero-order valence-electron chi connectivity index (χ0n) is 10.3. The molecule has 0 saturated heterocycles. The molecule has 1 N–H and O–H groups in total. The molecule has 0 unspecified atom stereocenters. The Bertz CT molecular complexity index is 592. The summed E-state index contributed by atoms with van der Waals surface area (Å²) in [6, 6.07) is 4.77. The fourth-order valence-corrected chi connectivity index (χ4v) is 2.05. The van der Waals surface area contributed by atoms with Gasteiger partial charge < -0.3 is 5.32 Å². The molecule has 0 aliphatic rings.